The minimum absolute atomic E-state index is 0.0664. The summed E-state index contributed by atoms with van der Waals surface area (Å²) >= 11 is 0. The van der Waals surface area contributed by atoms with E-state index in [9.17, 15) is 10.2 Å². The highest BCUT2D eigenvalue weighted by Crippen LogP contribution is 2.41. The van der Waals surface area contributed by atoms with Crippen molar-refractivity contribution in [3.63, 3.8) is 0 Å². The van der Waals surface area contributed by atoms with Gasteiger partial charge in [-0.25, -0.2) is 0 Å². The minimum Gasteiger partial charge on any atom is -0.491 e. The van der Waals surface area contributed by atoms with Crippen LogP contribution in [0, 0.1) is 13.8 Å². The first-order valence-corrected chi connectivity index (χ1v) is 11.4. The van der Waals surface area contributed by atoms with Gasteiger partial charge in [0.1, 0.15) is 12.4 Å². The molecule has 0 aromatic heterocycles. The Bertz CT molecular complexity index is 847. The zero-order valence-corrected chi connectivity index (χ0v) is 20.3. The molecule has 0 spiro atoms. The molecular formula is C27H40O4. The van der Waals surface area contributed by atoms with E-state index in [-0.39, 0.29) is 18.1 Å². The van der Waals surface area contributed by atoms with Crippen LogP contribution in [-0.2, 0) is 16.6 Å². The summed E-state index contributed by atoms with van der Waals surface area (Å²) in [7, 11) is 0. The molecule has 0 saturated carbocycles. The van der Waals surface area contributed by atoms with Crippen LogP contribution in [0.25, 0.3) is 0 Å². The van der Waals surface area contributed by atoms with Gasteiger partial charge in [-0.15, -0.1) is 0 Å². The van der Waals surface area contributed by atoms with Crippen LogP contribution < -0.4 is 4.74 Å². The van der Waals surface area contributed by atoms with E-state index in [1.54, 1.807) is 13.8 Å². The maximum absolute atomic E-state index is 9.80. The number of aryl methyl sites for hydroxylation is 2. The first-order valence-electron chi connectivity index (χ1n) is 11.4. The Kier molecular flexibility index (Phi) is 8.70. The molecule has 1 atom stereocenters. The van der Waals surface area contributed by atoms with Gasteiger partial charge >= 0.3 is 0 Å². The van der Waals surface area contributed by atoms with Crippen LogP contribution in [0.1, 0.15) is 75.3 Å². The molecule has 172 valence electrons. The molecule has 2 aromatic carbocycles. The van der Waals surface area contributed by atoms with E-state index in [0.717, 1.165) is 24.2 Å². The van der Waals surface area contributed by atoms with E-state index in [1.165, 1.54) is 22.3 Å². The van der Waals surface area contributed by atoms with Crippen LogP contribution in [0.15, 0.2) is 36.4 Å². The van der Waals surface area contributed by atoms with Gasteiger partial charge in [0, 0.05) is 12.0 Å². The molecule has 0 heterocycles. The summed E-state index contributed by atoms with van der Waals surface area (Å²) in [6.07, 6.45) is 2.47. The smallest absolute Gasteiger partial charge is 0.160 e. The quantitative estimate of drug-likeness (QED) is 0.467. The number of aliphatic hydroxyl groups excluding tert-OH is 1. The summed E-state index contributed by atoms with van der Waals surface area (Å²) in [5.41, 5.74) is 6.07. The molecule has 0 saturated heterocycles. The largest absolute Gasteiger partial charge is 0.491 e. The molecule has 0 radical (unpaired) electrons. The monoisotopic (exact) mass is 428 g/mol. The molecule has 0 amide bonds. The third-order valence-electron chi connectivity index (χ3n) is 6.17. The Hall–Kier alpha value is -1.88. The van der Waals surface area contributed by atoms with Crippen molar-refractivity contribution in [2.24, 2.45) is 0 Å². The van der Waals surface area contributed by atoms with E-state index in [4.69, 9.17) is 9.47 Å². The van der Waals surface area contributed by atoms with Gasteiger partial charge in [0.15, 0.2) is 5.79 Å². The van der Waals surface area contributed by atoms with Crippen LogP contribution in [0.3, 0.4) is 0 Å². The fraction of sp³-hybridized carbons (Fsp3) is 0.556. The second-order valence-corrected chi connectivity index (χ2v) is 9.07. The molecule has 4 heteroatoms. The van der Waals surface area contributed by atoms with Crippen LogP contribution >= 0.6 is 0 Å². The molecule has 2 rings (SSSR count). The zero-order chi connectivity index (χ0) is 23.2. The predicted molar refractivity (Wildman–Crippen MR) is 127 cm³/mol. The van der Waals surface area contributed by atoms with Crippen molar-refractivity contribution < 1.29 is 19.7 Å². The third kappa shape index (κ3) is 6.31. The van der Waals surface area contributed by atoms with Crippen molar-refractivity contribution in [2.75, 3.05) is 13.2 Å². The van der Waals surface area contributed by atoms with Crippen molar-refractivity contribution >= 4 is 0 Å². The van der Waals surface area contributed by atoms with Crippen molar-refractivity contribution in [3.05, 3.63) is 64.2 Å². The molecule has 0 aliphatic carbocycles. The second-order valence-electron chi connectivity index (χ2n) is 9.07. The maximum atomic E-state index is 9.80. The lowest BCUT2D eigenvalue weighted by atomic mass is 9.70. The Morgan fingerprint density at radius 3 is 2.00 bits per heavy atom. The predicted octanol–water partition coefficient (Wildman–Crippen LogP) is 5.46. The summed E-state index contributed by atoms with van der Waals surface area (Å²) in [6.45, 7) is 14.4. The summed E-state index contributed by atoms with van der Waals surface area (Å²) < 4.78 is 11.5. The van der Waals surface area contributed by atoms with Crippen LogP contribution in [0.2, 0.25) is 0 Å². The van der Waals surface area contributed by atoms with Gasteiger partial charge in [0.05, 0.1) is 6.10 Å². The normalized spacial score (nSPS) is 13.3. The number of rotatable bonds is 11. The molecule has 0 aliphatic heterocycles. The number of hydrogen-bond donors (Lipinski definition) is 2. The van der Waals surface area contributed by atoms with Gasteiger partial charge in [0.25, 0.3) is 0 Å². The maximum Gasteiger partial charge on any atom is 0.160 e. The first kappa shape index (κ1) is 25.4. The summed E-state index contributed by atoms with van der Waals surface area (Å²) in [5, 5.41) is 19.1. The van der Waals surface area contributed by atoms with Crippen molar-refractivity contribution in [1.82, 2.24) is 0 Å². The lowest BCUT2D eigenvalue weighted by Crippen LogP contribution is -2.32. The Morgan fingerprint density at radius 1 is 0.935 bits per heavy atom. The van der Waals surface area contributed by atoms with E-state index in [0.29, 0.717) is 13.0 Å². The van der Waals surface area contributed by atoms with Gasteiger partial charge in [-0.3, -0.25) is 0 Å². The molecule has 0 bridgehead atoms. The molecule has 2 N–H and O–H groups in total. The van der Waals surface area contributed by atoms with E-state index < -0.39 is 5.79 Å². The van der Waals surface area contributed by atoms with Gasteiger partial charge in [-0.1, -0.05) is 44.2 Å². The third-order valence-corrected chi connectivity index (χ3v) is 6.17. The zero-order valence-electron chi connectivity index (χ0n) is 20.3. The number of ether oxygens (including phenoxy) is 2. The van der Waals surface area contributed by atoms with Gasteiger partial charge in [-0.2, -0.15) is 0 Å². The topological polar surface area (TPSA) is 58.9 Å². The first-order chi connectivity index (χ1) is 14.6. The fourth-order valence-electron chi connectivity index (χ4n) is 4.47. The average molecular weight is 429 g/mol. The highest BCUT2D eigenvalue weighted by Gasteiger charge is 2.31. The van der Waals surface area contributed by atoms with Gasteiger partial charge in [0.2, 0.25) is 0 Å². The number of aliphatic hydroxyl groups is 2. The number of benzene rings is 2. The average Bonchev–Trinajstić information content (AvgIpc) is 2.69. The summed E-state index contributed by atoms with van der Waals surface area (Å²) in [5.74, 6) is -0.334. The Morgan fingerprint density at radius 2 is 1.52 bits per heavy atom. The van der Waals surface area contributed by atoms with Crippen LogP contribution in [0.5, 0.6) is 5.75 Å². The number of hydrogen-bond acceptors (Lipinski definition) is 4. The van der Waals surface area contributed by atoms with Crippen molar-refractivity contribution in [1.29, 1.82) is 0 Å². The van der Waals surface area contributed by atoms with Crippen LogP contribution in [0.4, 0.5) is 0 Å². The lowest BCUT2D eigenvalue weighted by molar-refractivity contribution is -0.206. The minimum atomic E-state index is -1.17. The molecule has 4 nitrogen and oxygen atoms in total. The van der Waals surface area contributed by atoms with Gasteiger partial charge < -0.3 is 19.7 Å². The lowest BCUT2D eigenvalue weighted by Gasteiger charge is -2.34. The molecular weight excluding hydrogens is 388 g/mol. The Labute approximate surface area is 188 Å². The second kappa shape index (κ2) is 10.6. The standard InChI is InChI=1S/C27H40O4/c1-8-27(9-2,23-11-10-22(14-15-28)19(3)16-23)24-12-13-25(20(4)17-24)30-18-21(5)31-26(6,7)29/h10-13,16-17,21,28-29H,8-9,14-15,18H2,1-7H3/t21-/m0/s1. The highest BCUT2D eigenvalue weighted by atomic mass is 16.6. The van der Waals surface area contributed by atoms with Crippen molar-refractivity contribution in [3.8, 4) is 5.75 Å². The molecule has 2 aromatic rings. The fourth-order valence-corrected chi connectivity index (χ4v) is 4.47. The van der Waals surface area contributed by atoms with E-state index >= 15 is 0 Å². The summed E-state index contributed by atoms with van der Waals surface area (Å²) in [6, 6.07) is 13.1. The molecule has 0 aliphatic rings. The van der Waals surface area contributed by atoms with Crippen molar-refractivity contribution in [2.45, 2.75) is 85.0 Å². The van der Waals surface area contributed by atoms with Crippen LogP contribution in [-0.4, -0.2) is 35.3 Å². The van der Waals surface area contributed by atoms with E-state index in [1.807, 2.05) is 6.92 Å². The van der Waals surface area contributed by atoms with Gasteiger partial charge in [-0.05, 0) is 87.8 Å². The highest BCUT2D eigenvalue weighted by molar-refractivity contribution is 5.47. The summed E-state index contributed by atoms with van der Waals surface area (Å²) in [4.78, 5) is 0. The molecule has 0 fully saturated rings. The van der Waals surface area contributed by atoms with E-state index in [2.05, 4.69) is 64.1 Å². The Balaban J connectivity index is 2.29. The molecule has 31 heavy (non-hydrogen) atoms. The molecule has 0 unspecified atom stereocenters. The SMILES string of the molecule is CCC(CC)(c1ccc(CCO)c(C)c1)c1ccc(OC[C@H](C)OC(C)(C)O)c(C)c1.